The first kappa shape index (κ1) is 19.5. The minimum atomic E-state index is -0.478. The Hall–Kier alpha value is -3.28. The molecule has 0 atom stereocenters. The number of carbonyl (C=O) groups is 2. The molecule has 28 heavy (non-hydrogen) atoms. The second-order valence-electron chi connectivity index (χ2n) is 6.67. The molecule has 0 spiro atoms. The smallest absolute Gasteiger partial charge is 0.325 e. The number of fused-ring (bicyclic) bond motifs is 1. The zero-order valence-corrected chi connectivity index (χ0v) is 16.2. The predicted octanol–water partition coefficient (Wildman–Crippen LogP) is 4.04. The van der Waals surface area contributed by atoms with Gasteiger partial charge in [0.1, 0.15) is 24.7 Å². The number of furan rings is 1. The number of nitrogens with zero attached hydrogens (tertiary/aromatic N) is 1. The van der Waals surface area contributed by atoms with Crippen LogP contribution in [0.3, 0.4) is 0 Å². The van der Waals surface area contributed by atoms with E-state index in [1.165, 1.54) is 12.0 Å². The van der Waals surface area contributed by atoms with Crippen LogP contribution in [0.2, 0.25) is 0 Å². The van der Waals surface area contributed by atoms with Crippen molar-refractivity contribution >= 4 is 22.6 Å². The molecule has 0 bridgehead atoms. The monoisotopic (exact) mass is 381 g/mol. The molecule has 6 nitrogen and oxygen atoms in total. The molecular formula is C22H23NO5. The number of esters is 1. The number of methoxy groups -OCH3 is 1. The lowest BCUT2D eigenvalue weighted by molar-refractivity contribution is -0.141. The summed E-state index contributed by atoms with van der Waals surface area (Å²) < 4.78 is 16.1. The molecule has 6 heteroatoms. The van der Waals surface area contributed by atoms with Crippen LogP contribution in [0.4, 0.5) is 0 Å². The van der Waals surface area contributed by atoms with E-state index in [-0.39, 0.29) is 30.9 Å². The Morgan fingerprint density at radius 3 is 2.50 bits per heavy atom. The summed E-state index contributed by atoms with van der Waals surface area (Å²) in [5.41, 5.74) is 0. The summed E-state index contributed by atoms with van der Waals surface area (Å²) in [5, 5.41) is 2.23. The van der Waals surface area contributed by atoms with Crippen molar-refractivity contribution in [3.05, 3.63) is 66.1 Å². The van der Waals surface area contributed by atoms with Gasteiger partial charge in [0, 0.05) is 6.04 Å². The maximum Gasteiger partial charge on any atom is 0.325 e. The fourth-order valence-electron chi connectivity index (χ4n) is 2.82. The first-order chi connectivity index (χ1) is 13.5. The Bertz CT molecular complexity index is 976. The zero-order chi connectivity index (χ0) is 20.1. The van der Waals surface area contributed by atoms with Crippen LogP contribution in [0, 0.1) is 0 Å². The summed E-state index contributed by atoms with van der Waals surface area (Å²) >= 11 is 0. The molecule has 2 aromatic carbocycles. The van der Waals surface area contributed by atoms with E-state index in [1.807, 2.05) is 56.3 Å². The molecule has 1 aromatic heterocycles. The summed E-state index contributed by atoms with van der Waals surface area (Å²) in [6, 6.07) is 17.0. The van der Waals surface area contributed by atoms with Crippen molar-refractivity contribution < 1.29 is 23.5 Å². The van der Waals surface area contributed by atoms with Gasteiger partial charge >= 0.3 is 5.97 Å². The largest absolute Gasteiger partial charge is 0.486 e. The van der Waals surface area contributed by atoms with Crippen molar-refractivity contribution in [2.45, 2.75) is 26.5 Å². The highest BCUT2D eigenvalue weighted by Gasteiger charge is 2.24. The van der Waals surface area contributed by atoms with Crippen molar-refractivity contribution in [3.8, 4) is 5.75 Å². The predicted molar refractivity (Wildman–Crippen MR) is 105 cm³/mol. The van der Waals surface area contributed by atoms with Crippen molar-refractivity contribution in [1.82, 2.24) is 4.90 Å². The van der Waals surface area contributed by atoms with Crippen molar-refractivity contribution in [2.75, 3.05) is 13.7 Å². The normalized spacial score (nSPS) is 10.9. The number of benzene rings is 2. The van der Waals surface area contributed by atoms with Crippen LogP contribution >= 0.6 is 0 Å². The second-order valence-corrected chi connectivity index (χ2v) is 6.67. The Morgan fingerprint density at radius 2 is 1.79 bits per heavy atom. The maximum absolute atomic E-state index is 12.7. The highest BCUT2D eigenvalue weighted by molar-refractivity contribution is 5.93. The highest BCUT2D eigenvalue weighted by atomic mass is 16.5. The van der Waals surface area contributed by atoms with Gasteiger partial charge in [-0.2, -0.15) is 0 Å². The van der Waals surface area contributed by atoms with Crippen LogP contribution < -0.4 is 4.74 Å². The fraction of sp³-hybridized carbons (Fsp3) is 0.273. The molecule has 0 fully saturated rings. The topological polar surface area (TPSA) is 69.0 Å². The Balaban J connectivity index is 1.66. The van der Waals surface area contributed by atoms with Gasteiger partial charge in [-0.1, -0.05) is 30.3 Å². The standard InChI is InChI=1S/C22H23NO5/c1-15(2)23(13-21(24)26-3)22(25)20-11-10-19(28-20)14-27-18-9-8-16-6-4-5-7-17(16)12-18/h4-12,15H,13-14H2,1-3H3. The fourth-order valence-corrected chi connectivity index (χ4v) is 2.82. The summed E-state index contributed by atoms with van der Waals surface area (Å²) in [4.78, 5) is 25.6. The summed E-state index contributed by atoms with van der Waals surface area (Å²) in [6.07, 6.45) is 0. The number of carbonyl (C=O) groups excluding carboxylic acids is 2. The molecule has 0 saturated carbocycles. The molecule has 0 radical (unpaired) electrons. The lowest BCUT2D eigenvalue weighted by Crippen LogP contribution is -2.40. The van der Waals surface area contributed by atoms with Gasteiger partial charge in [0.25, 0.3) is 5.91 Å². The van der Waals surface area contributed by atoms with Crippen LogP contribution in [0.15, 0.2) is 59.0 Å². The molecule has 0 saturated heterocycles. The molecule has 0 unspecified atom stereocenters. The Labute approximate surface area is 163 Å². The molecule has 0 aliphatic heterocycles. The number of amides is 1. The number of rotatable bonds is 7. The third-order valence-corrected chi connectivity index (χ3v) is 4.39. The molecule has 0 aliphatic carbocycles. The molecular weight excluding hydrogens is 358 g/mol. The van der Waals surface area contributed by atoms with E-state index in [1.54, 1.807) is 12.1 Å². The summed E-state index contributed by atoms with van der Waals surface area (Å²) in [7, 11) is 1.29. The van der Waals surface area contributed by atoms with Crippen molar-refractivity contribution in [1.29, 1.82) is 0 Å². The SMILES string of the molecule is COC(=O)CN(C(=O)c1ccc(COc2ccc3ccccc3c2)o1)C(C)C. The van der Waals surface area contributed by atoms with Crippen LogP contribution in [0.1, 0.15) is 30.2 Å². The second kappa shape index (κ2) is 8.61. The van der Waals surface area contributed by atoms with Crippen LogP contribution in [-0.4, -0.2) is 36.5 Å². The number of ether oxygens (including phenoxy) is 2. The van der Waals surface area contributed by atoms with Crippen LogP contribution in [0.5, 0.6) is 5.75 Å². The summed E-state index contributed by atoms with van der Waals surface area (Å²) in [5.74, 6) is 0.566. The van der Waals surface area contributed by atoms with Gasteiger partial charge in [0.05, 0.1) is 7.11 Å². The minimum Gasteiger partial charge on any atom is -0.486 e. The van der Waals surface area contributed by atoms with Gasteiger partial charge in [-0.05, 0) is 48.9 Å². The lowest BCUT2D eigenvalue weighted by atomic mass is 10.1. The average Bonchev–Trinajstić information content (AvgIpc) is 3.18. The molecule has 1 heterocycles. The van der Waals surface area contributed by atoms with Crippen molar-refractivity contribution in [3.63, 3.8) is 0 Å². The quantitative estimate of drug-likeness (QED) is 0.578. The zero-order valence-electron chi connectivity index (χ0n) is 16.2. The number of hydrogen-bond donors (Lipinski definition) is 0. The third-order valence-electron chi connectivity index (χ3n) is 4.39. The molecule has 3 aromatic rings. The molecule has 146 valence electrons. The van der Waals surface area contributed by atoms with Gasteiger partial charge < -0.3 is 18.8 Å². The van der Waals surface area contributed by atoms with Gasteiger partial charge in [0.2, 0.25) is 0 Å². The van der Waals surface area contributed by atoms with Gasteiger partial charge in [-0.25, -0.2) is 0 Å². The highest BCUT2D eigenvalue weighted by Crippen LogP contribution is 2.22. The first-order valence-electron chi connectivity index (χ1n) is 9.06. The van der Waals surface area contributed by atoms with Crippen molar-refractivity contribution in [2.24, 2.45) is 0 Å². The van der Waals surface area contributed by atoms with Crippen LogP contribution in [-0.2, 0) is 16.1 Å². The minimum absolute atomic E-state index is 0.128. The van der Waals surface area contributed by atoms with Gasteiger partial charge in [0.15, 0.2) is 5.76 Å². The van der Waals surface area contributed by atoms with E-state index in [4.69, 9.17) is 9.15 Å². The van der Waals surface area contributed by atoms with Gasteiger partial charge in [-0.15, -0.1) is 0 Å². The maximum atomic E-state index is 12.7. The molecule has 1 amide bonds. The molecule has 0 N–H and O–H groups in total. The Morgan fingerprint density at radius 1 is 1.04 bits per heavy atom. The van der Waals surface area contributed by atoms with E-state index in [2.05, 4.69) is 4.74 Å². The van der Waals surface area contributed by atoms with E-state index < -0.39 is 5.97 Å². The van der Waals surface area contributed by atoms with E-state index in [9.17, 15) is 9.59 Å². The molecule has 3 rings (SSSR count). The van der Waals surface area contributed by atoms with Crippen LogP contribution in [0.25, 0.3) is 10.8 Å². The van der Waals surface area contributed by atoms with Gasteiger partial charge in [-0.3, -0.25) is 9.59 Å². The number of hydrogen-bond acceptors (Lipinski definition) is 5. The first-order valence-corrected chi connectivity index (χ1v) is 9.06. The van der Waals surface area contributed by atoms with E-state index in [0.717, 1.165) is 16.5 Å². The van der Waals surface area contributed by atoms with E-state index in [0.29, 0.717) is 5.76 Å². The lowest BCUT2D eigenvalue weighted by Gasteiger charge is -2.24. The molecule has 0 aliphatic rings. The average molecular weight is 381 g/mol. The Kier molecular flexibility index (Phi) is 5.99. The third kappa shape index (κ3) is 4.52. The van der Waals surface area contributed by atoms with E-state index >= 15 is 0 Å². The summed E-state index contributed by atoms with van der Waals surface area (Å²) in [6.45, 7) is 3.72.